The van der Waals surface area contributed by atoms with E-state index in [1.54, 1.807) is 6.07 Å². The lowest BCUT2D eigenvalue weighted by atomic mass is 10.1. The number of benzene rings is 1. The Kier molecular flexibility index (Phi) is 5.02. The number of hydrogen-bond donors (Lipinski definition) is 1. The second-order valence-corrected chi connectivity index (χ2v) is 3.52. The number of hydrogen-bond acceptors (Lipinski definition) is 2. The molecule has 0 spiro atoms. The average Bonchev–Trinajstić information content (AvgIpc) is 2.23. The highest BCUT2D eigenvalue weighted by Gasteiger charge is 2.14. The summed E-state index contributed by atoms with van der Waals surface area (Å²) in [7, 11) is 0. The smallest absolute Gasteiger partial charge is 0.126 e. The van der Waals surface area contributed by atoms with Gasteiger partial charge < -0.3 is 10.1 Å². The fourth-order valence-corrected chi connectivity index (χ4v) is 1.68. The second kappa shape index (κ2) is 6.05. The molecule has 1 heterocycles. The Morgan fingerprint density at radius 3 is 2.87 bits per heavy atom. The van der Waals surface area contributed by atoms with Crippen molar-refractivity contribution in [3.63, 3.8) is 0 Å². The Balaban J connectivity index is 0.00000112. The van der Waals surface area contributed by atoms with Crippen molar-refractivity contribution in [3.8, 4) is 0 Å². The predicted octanol–water partition coefficient (Wildman–Crippen LogP) is 1.78. The third-order valence-corrected chi connectivity index (χ3v) is 2.42. The van der Waals surface area contributed by atoms with E-state index in [4.69, 9.17) is 4.74 Å². The maximum absolute atomic E-state index is 13.3. The van der Waals surface area contributed by atoms with Gasteiger partial charge in [-0.15, -0.1) is 12.4 Å². The van der Waals surface area contributed by atoms with Crippen LogP contribution in [0, 0.1) is 5.82 Å². The van der Waals surface area contributed by atoms with Gasteiger partial charge >= 0.3 is 0 Å². The SMILES string of the molecule is Cl.Fc1ccccc1C[C@@H]1COCCN1. The summed E-state index contributed by atoms with van der Waals surface area (Å²) in [6.07, 6.45) is 0.701. The summed E-state index contributed by atoms with van der Waals surface area (Å²) in [4.78, 5) is 0. The van der Waals surface area contributed by atoms with Crippen molar-refractivity contribution < 1.29 is 9.13 Å². The third kappa shape index (κ3) is 3.45. The van der Waals surface area contributed by atoms with Crippen molar-refractivity contribution in [2.24, 2.45) is 0 Å². The first-order valence-electron chi connectivity index (χ1n) is 4.91. The van der Waals surface area contributed by atoms with Gasteiger partial charge in [0.15, 0.2) is 0 Å². The van der Waals surface area contributed by atoms with Crippen LogP contribution in [-0.4, -0.2) is 25.8 Å². The summed E-state index contributed by atoms with van der Waals surface area (Å²) >= 11 is 0. The molecule has 1 fully saturated rings. The van der Waals surface area contributed by atoms with Crippen molar-refractivity contribution >= 4 is 12.4 Å². The van der Waals surface area contributed by atoms with Gasteiger partial charge in [0.2, 0.25) is 0 Å². The van der Waals surface area contributed by atoms with Crippen molar-refractivity contribution in [1.82, 2.24) is 5.32 Å². The van der Waals surface area contributed by atoms with E-state index in [1.165, 1.54) is 6.07 Å². The van der Waals surface area contributed by atoms with Crippen molar-refractivity contribution in [2.45, 2.75) is 12.5 Å². The van der Waals surface area contributed by atoms with Crippen LogP contribution in [0.1, 0.15) is 5.56 Å². The molecular formula is C11H15ClFNO. The highest BCUT2D eigenvalue weighted by atomic mass is 35.5. The second-order valence-electron chi connectivity index (χ2n) is 3.52. The number of nitrogens with one attached hydrogen (secondary N) is 1. The minimum atomic E-state index is -0.125. The molecule has 1 aromatic carbocycles. The van der Waals surface area contributed by atoms with Gasteiger partial charge in [0, 0.05) is 12.6 Å². The van der Waals surface area contributed by atoms with E-state index >= 15 is 0 Å². The standard InChI is InChI=1S/C11H14FNO.ClH/c12-11-4-2-1-3-9(11)7-10-8-14-6-5-13-10;/h1-4,10,13H,5-8H2;1H/t10-;/m1./s1. The topological polar surface area (TPSA) is 21.3 Å². The van der Waals surface area contributed by atoms with Crippen LogP contribution in [0.15, 0.2) is 24.3 Å². The lowest BCUT2D eigenvalue weighted by molar-refractivity contribution is 0.0767. The van der Waals surface area contributed by atoms with Crippen LogP contribution >= 0.6 is 12.4 Å². The monoisotopic (exact) mass is 231 g/mol. The lowest BCUT2D eigenvalue weighted by Gasteiger charge is -2.23. The Morgan fingerprint density at radius 1 is 1.40 bits per heavy atom. The van der Waals surface area contributed by atoms with Gasteiger partial charge in [0.25, 0.3) is 0 Å². The van der Waals surface area contributed by atoms with E-state index in [9.17, 15) is 4.39 Å². The quantitative estimate of drug-likeness (QED) is 0.838. The maximum atomic E-state index is 13.3. The van der Waals surface area contributed by atoms with E-state index in [0.29, 0.717) is 13.0 Å². The zero-order chi connectivity index (χ0) is 9.80. The molecule has 0 saturated carbocycles. The molecule has 0 aromatic heterocycles. The van der Waals surface area contributed by atoms with E-state index in [1.807, 2.05) is 12.1 Å². The molecule has 1 aromatic rings. The molecule has 1 aliphatic heterocycles. The van der Waals surface area contributed by atoms with Crippen LogP contribution in [0.2, 0.25) is 0 Å². The lowest BCUT2D eigenvalue weighted by Crippen LogP contribution is -2.42. The molecule has 84 valence electrons. The van der Waals surface area contributed by atoms with Crippen LogP contribution < -0.4 is 5.32 Å². The van der Waals surface area contributed by atoms with Crippen LogP contribution in [0.25, 0.3) is 0 Å². The largest absolute Gasteiger partial charge is 0.379 e. The first-order chi connectivity index (χ1) is 6.86. The molecule has 2 nitrogen and oxygen atoms in total. The number of rotatable bonds is 2. The molecule has 15 heavy (non-hydrogen) atoms. The van der Waals surface area contributed by atoms with E-state index in [0.717, 1.165) is 18.7 Å². The van der Waals surface area contributed by atoms with Crippen molar-refractivity contribution in [3.05, 3.63) is 35.6 Å². The van der Waals surface area contributed by atoms with Gasteiger partial charge in [-0.1, -0.05) is 18.2 Å². The van der Waals surface area contributed by atoms with E-state index in [2.05, 4.69) is 5.32 Å². The highest BCUT2D eigenvalue weighted by Crippen LogP contribution is 2.10. The zero-order valence-corrected chi connectivity index (χ0v) is 9.23. The Labute approximate surface area is 95.2 Å². The molecule has 0 amide bonds. The van der Waals surface area contributed by atoms with Crippen LogP contribution in [0.3, 0.4) is 0 Å². The normalized spacial score (nSPS) is 20.7. The van der Waals surface area contributed by atoms with Gasteiger partial charge in [-0.2, -0.15) is 0 Å². The first kappa shape index (κ1) is 12.4. The first-order valence-corrected chi connectivity index (χ1v) is 4.91. The average molecular weight is 232 g/mol. The summed E-state index contributed by atoms with van der Waals surface area (Å²) in [5.74, 6) is -0.125. The van der Waals surface area contributed by atoms with Gasteiger partial charge in [0.05, 0.1) is 13.2 Å². The predicted molar refractivity (Wildman–Crippen MR) is 60.0 cm³/mol. The fourth-order valence-electron chi connectivity index (χ4n) is 1.68. The molecule has 0 radical (unpaired) electrons. The molecule has 0 unspecified atom stereocenters. The molecule has 0 bridgehead atoms. The highest BCUT2D eigenvalue weighted by molar-refractivity contribution is 5.85. The number of morpholine rings is 1. The van der Waals surface area contributed by atoms with E-state index in [-0.39, 0.29) is 24.3 Å². The van der Waals surface area contributed by atoms with Crippen LogP contribution in [0.4, 0.5) is 4.39 Å². The van der Waals surface area contributed by atoms with Crippen LogP contribution in [-0.2, 0) is 11.2 Å². The van der Waals surface area contributed by atoms with Gasteiger partial charge in [-0.25, -0.2) is 4.39 Å². The Morgan fingerprint density at radius 2 is 2.20 bits per heavy atom. The summed E-state index contributed by atoms with van der Waals surface area (Å²) in [5, 5.41) is 3.30. The fraction of sp³-hybridized carbons (Fsp3) is 0.455. The summed E-state index contributed by atoms with van der Waals surface area (Å²) < 4.78 is 18.6. The maximum Gasteiger partial charge on any atom is 0.126 e. The summed E-state index contributed by atoms with van der Waals surface area (Å²) in [6, 6.07) is 7.15. The summed E-state index contributed by atoms with van der Waals surface area (Å²) in [5.41, 5.74) is 0.760. The Hall–Kier alpha value is -0.640. The number of halogens is 2. The minimum absolute atomic E-state index is 0. The molecule has 2 rings (SSSR count). The molecule has 1 atom stereocenters. The van der Waals surface area contributed by atoms with Crippen molar-refractivity contribution in [1.29, 1.82) is 0 Å². The summed E-state index contributed by atoms with van der Waals surface area (Å²) in [6.45, 7) is 2.29. The molecule has 1 aliphatic rings. The molecule has 1 saturated heterocycles. The molecule has 1 N–H and O–H groups in total. The van der Waals surface area contributed by atoms with E-state index < -0.39 is 0 Å². The zero-order valence-electron chi connectivity index (χ0n) is 8.41. The van der Waals surface area contributed by atoms with Gasteiger partial charge in [-0.3, -0.25) is 0 Å². The Bertz CT molecular complexity index is 302. The molecule has 0 aliphatic carbocycles. The third-order valence-electron chi connectivity index (χ3n) is 2.42. The molecule has 4 heteroatoms. The molecular weight excluding hydrogens is 217 g/mol. The van der Waals surface area contributed by atoms with Crippen molar-refractivity contribution in [2.75, 3.05) is 19.8 Å². The van der Waals surface area contributed by atoms with Gasteiger partial charge in [-0.05, 0) is 18.1 Å². The van der Waals surface area contributed by atoms with Gasteiger partial charge in [0.1, 0.15) is 5.82 Å². The van der Waals surface area contributed by atoms with Crippen LogP contribution in [0.5, 0.6) is 0 Å². The number of ether oxygens (including phenoxy) is 1. The minimum Gasteiger partial charge on any atom is -0.379 e.